The summed E-state index contributed by atoms with van der Waals surface area (Å²) in [5.74, 6) is 1.06. The molecule has 1 atom stereocenters. The average molecular weight is 360 g/mol. The van der Waals surface area contributed by atoms with Gasteiger partial charge in [0.1, 0.15) is 0 Å². The number of pyridine rings is 1. The van der Waals surface area contributed by atoms with Gasteiger partial charge in [-0.1, -0.05) is 0 Å². The predicted octanol–water partition coefficient (Wildman–Crippen LogP) is 2.07. The third kappa shape index (κ3) is 3.83. The van der Waals surface area contributed by atoms with Crippen LogP contribution in [-0.4, -0.2) is 49.3 Å². The van der Waals surface area contributed by atoms with Crippen molar-refractivity contribution in [1.29, 1.82) is 0 Å². The molecule has 7 nitrogen and oxygen atoms in total. The van der Waals surface area contributed by atoms with Crippen molar-refractivity contribution >= 4 is 16.8 Å². The molecule has 2 aromatic rings. The van der Waals surface area contributed by atoms with Crippen molar-refractivity contribution in [3.05, 3.63) is 34.1 Å². The minimum absolute atomic E-state index is 0.0443. The van der Waals surface area contributed by atoms with Gasteiger partial charge < -0.3 is 24.1 Å². The molecule has 140 valence electrons. The Morgan fingerprint density at radius 2 is 2.00 bits per heavy atom. The number of fused-ring (bicyclic) bond motifs is 1. The highest BCUT2D eigenvalue weighted by atomic mass is 16.5. The van der Waals surface area contributed by atoms with Gasteiger partial charge in [0.15, 0.2) is 11.5 Å². The molecule has 26 heavy (non-hydrogen) atoms. The normalized spacial score (nSPS) is 16.7. The lowest BCUT2D eigenvalue weighted by molar-refractivity contribution is -0.131. The Labute approximate surface area is 151 Å². The van der Waals surface area contributed by atoms with Gasteiger partial charge in [-0.2, -0.15) is 0 Å². The Morgan fingerprint density at radius 1 is 1.27 bits per heavy atom. The number of amides is 1. The van der Waals surface area contributed by atoms with E-state index in [0.29, 0.717) is 29.1 Å². The van der Waals surface area contributed by atoms with Crippen LogP contribution in [0, 0.1) is 0 Å². The zero-order valence-electron chi connectivity index (χ0n) is 15.3. The molecular weight excluding hydrogens is 336 g/mol. The molecule has 0 spiro atoms. The van der Waals surface area contributed by atoms with Gasteiger partial charge in [0.05, 0.1) is 32.4 Å². The van der Waals surface area contributed by atoms with Crippen LogP contribution in [0.4, 0.5) is 0 Å². The molecule has 1 unspecified atom stereocenters. The zero-order chi connectivity index (χ0) is 18.7. The van der Waals surface area contributed by atoms with Crippen molar-refractivity contribution in [3.63, 3.8) is 0 Å². The topological polar surface area (TPSA) is 80.9 Å². The third-order valence-electron chi connectivity index (χ3n) is 4.68. The van der Waals surface area contributed by atoms with Gasteiger partial charge in [-0.3, -0.25) is 9.59 Å². The molecule has 0 saturated carbocycles. The Bertz CT molecular complexity index is 855. The number of rotatable bonds is 6. The van der Waals surface area contributed by atoms with Gasteiger partial charge in [-0.05, 0) is 25.0 Å². The number of ether oxygens (including phenoxy) is 3. The van der Waals surface area contributed by atoms with E-state index in [4.69, 9.17) is 14.2 Å². The molecule has 0 radical (unpaired) electrons. The molecule has 1 aromatic heterocycles. The van der Waals surface area contributed by atoms with E-state index in [-0.39, 0.29) is 24.1 Å². The second kappa shape index (κ2) is 7.78. The average Bonchev–Trinajstić information content (AvgIpc) is 3.13. The number of nitrogens with one attached hydrogen (secondary N) is 1. The van der Waals surface area contributed by atoms with Crippen LogP contribution in [0.1, 0.15) is 25.3 Å². The molecular formula is C19H24N2O5. The molecule has 1 aliphatic heterocycles. The second-order valence-electron chi connectivity index (χ2n) is 6.45. The number of carbonyl (C=O) groups excluding carboxylic acids is 1. The molecule has 0 bridgehead atoms. The summed E-state index contributed by atoms with van der Waals surface area (Å²) >= 11 is 0. The molecule has 3 rings (SSSR count). The summed E-state index contributed by atoms with van der Waals surface area (Å²) in [4.78, 5) is 29.0. The Kier molecular flexibility index (Phi) is 5.46. The van der Waals surface area contributed by atoms with E-state index in [1.165, 1.54) is 6.92 Å². The number of aromatic amines is 1. The van der Waals surface area contributed by atoms with Crippen molar-refractivity contribution in [1.82, 2.24) is 9.88 Å². The van der Waals surface area contributed by atoms with Crippen molar-refractivity contribution in [2.45, 2.75) is 32.4 Å². The van der Waals surface area contributed by atoms with E-state index < -0.39 is 0 Å². The third-order valence-corrected chi connectivity index (χ3v) is 4.68. The summed E-state index contributed by atoms with van der Waals surface area (Å²) in [5, 5.41) is 0.817. The number of carbonyl (C=O) groups is 1. The molecule has 1 aromatic carbocycles. The molecule has 0 aliphatic carbocycles. The summed E-state index contributed by atoms with van der Waals surface area (Å²) in [6.07, 6.45) is 1.99. The highest BCUT2D eigenvalue weighted by Gasteiger charge is 2.22. The standard InChI is InChI=1S/C19H24N2O5/c1-12(22)21(11-15-5-4-6-26-15)10-14-7-13-8-17(24-2)18(25-3)9-16(13)20-19(14)23/h7-9,15H,4-6,10-11H2,1-3H3,(H,20,23). The number of benzene rings is 1. The van der Waals surface area contributed by atoms with Gasteiger partial charge in [-0.15, -0.1) is 0 Å². The Balaban J connectivity index is 1.91. The highest BCUT2D eigenvalue weighted by molar-refractivity contribution is 5.83. The minimum Gasteiger partial charge on any atom is -0.493 e. The van der Waals surface area contributed by atoms with Crippen LogP contribution in [0.25, 0.3) is 10.9 Å². The largest absolute Gasteiger partial charge is 0.493 e. The maximum absolute atomic E-state index is 12.5. The molecule has 1 amide bonds. The van der Waals surface area contributed by atoms with E-state index in [0.717, 1.165) is 24.8 Å². The number of methoxy groups -OCH3 is 2. The van der Waals surface area contributed by atoms with Crippen LogP contribution in [0.2, 0.25) is 0 Å². The molecule has 1 aliphatic rings. The van der Waals surface area contributed by atoms with Gasteiger partial charge in [0, 0.05) is 37.1 Å². The number of hydrogen-bond donors (Lipinski definition) is 1. The van der Waals surface area contributed by atoms with Crippen LogP contribution in [0.3, 0.4) is 0 Å². The van der Waals surface area contributed by atoms with Crippen molar-refractivity contribution in [3.8, 4) is 11.5 Å². The number of nitrogens with zero attached hydrogens (tertiary/aromatic N) is 1. The fourth-order valence-corrected chi connectivity index (χ4v) is 3.24. The van der Waals surface area contributed by atoms with E-state index in [1.54, 1.807) is 31.3 Å². The molecule has 1 saturated heterocycles. The number of H-pyrrole nitrogens is 1. The van der Waals surface area contributed by atoms with Crippen LogP contribution >= 0.6 is 0 Å². The Hall–Kier alpha value is -2.54. The SMILES string of the molecule is COc1cc2cc(CN(CC3CCCO3)C(C)=O)c(=O)[nH]c2cc1OC. The van der Waals surface area contributed by atoms with Crippen molar-refractivity contribution in [2.75, 3.05) is 27.4 Å². The van der Waals surface area contributed by atoms with Crippen LogP contribution < -0.4 is 15.0 Å². The van der Waals surface area contributed by atoms with Crippen LogP contribution in [0.15, 0.2) is 23.0 Å². The second-order valence-corrected chi connectivity index (χ2v) is 6.45. The summed E-state index contributed by atoms with van der Waals surface area (Å²) in [7, 11) is 3.11. The van der Waals surface area contributed by atoms with Crippen molar-refractivity contribution < 1.29 is 19.0 Å². The molecule has 2 heterocycles. The lowest BCUT2D eigenvalue weighted by atomic mass is 10.1. The highest BCUT2D eigenvalue weighted by Crippen LogP contribution is 2.31. The van der Waals surface area contributed by atoms with E-state index >= 15 is 0 Å². The fraction of sp³-hybridized carbons (Fsp3) is 0.474. The summed E-state index contributed by atoms with van der Waals surface area (Å²) in [6, 6.07) is 5.34. The number of hydrogen-bond acceptors (Lipinski definition) is 5. The predicted molar refractivity (Wildman–Crippen MR) is 97.7 cm³/mol. The smallest absolute Gasteiger partial charge is 0.253 e. The zero-order valence-corrected chi connectivity index (χ0v) is 15.3. The maximum atomic E-state index is 12.5. The first kappa shape index (κ1) is 18.3. The first-order valence-electron chi connectivity index (χ1n) is 8.67. The maximum Gasteiger partial charge on any atom is 0.253 e. The van der Waals surface area contributed by atoms with E-state index in [2.05, 4.69) is 4.98 Å². The lowest BCUT2D eigenvalue weighted by Gasteiger charge is -2.24. The number of aromatic nitrogens is 1. The summed E-state index contributed by atoms with van der Waals surface area (Å²) in [6.45, 7) is 2.99. The molecule has 1 N–H and O–H groups in total. The van der Waals surface area contributed by atoms with Gasteiger partial charge in [-0.25, -0.2) is 0 Å². The first-order chi connectivity index (χ1) is 12.5. The van der Waals surface area contributed by atoms with Gasteiger partial charge in [0.25, 0.3) is 5.56 Å². The summed E-state index contributed by atoms with van der Waals surface area (Å²) < 4.78 is 16.2. The van der Waals surface area contributed by atoms with Crippen LogP contribution in [-0.2, 0) is 16.1 Å². The summed E-state index contributed by atoms with van der Waals surface area (Å²) in [5.41, 5.74) is 0.964. The fourth-order valence-electron chi connectivity index (χ4n) is 3.24. The lowest BCUT2D eigenvalue weighted by Crippen LogP contribution is -2.36. The van der Waals surface area contributed by atoms with Gasteiger partial charge in [0.2, 0.25) is 5.91 Å². The quantitative estimate of drug-likeness (QED) is 0.853. The van der Waals surface area contributed by atoms with Crippen LogP contribution in [0.5, 0.6) is 11.5 Å². The van der Waals surface area contributed by atoms with E-state index in [1.807, 2.05) is 6.07 Å². The van der Waals surface area contributed by atoms with Gasteiger partial charge >= 0.3 is 0 Å². The molecule has 7 heteroatoms. The van der Waals surface area contributed by atoms with Crippen molar-refractivity contribution in [2.24, 2.45) is 0 Å². The first-order valence-corrected chi connectivity index (χ1v) is 8.67. The minimum atomic E-state index is -0.219. The monoisotopic (exact) mass is 360 g/mol. The van der Waals surface area contributed by atoms with E-state index in [9.17, 15) is 9.59 Å². The Morgan fingerprint density at radius 3 is 2.62 bits per heavy atom. The molecule has 1 fully saturated rings.